The van der Waals surface area contributed by atoms with Crippen molar-refractivity contribution in [2.75, 3.05) is 6.54 Å². The normalized spacial score (nSPS) is 24.3. The average Bonchev–Trinajstić information content (AvgIpc) is 2.81. The molecule has 1 aliphatic heterocycles. The lowest BCUT2D eigenvalue weighted by atomic mass is 9.93. The molecule has 1 aliphatic rings. The summed E-state index contributed by atoms with van der Waals surface area (Å²) in [5.74, 6) is 0. The van der Waals surface area contributed by atoms with Crippen molar-refractivity contribution in [2.45, 2.75) is 38.0 Å². The number of aliphatic hydroxyl groups excluding tert-OH is 1. The van der Waals surface area contributed by atoms with Crippen molar-refractivity contribution in [3.63, 3.8) is 0 Å². The molecule has 0 aliphatic carbocycles. The molecule has 4 N–H and O–H groups in total. The van der Waals surface area contributed by atoms with Crippen molar-refractivity contribution in [1.29, 1.82) is 0 Å². The van der Waals surface area contributed by atoms with E-state index in [1.54, 1.807) is 0 Å². The monoisotopic (exact) mass is 220 g/mol. The minimum atomic E-state index is -0.571. The van der Waals surface area contributed by atoms with Crippen molar-refractivity contribution in [2.24, 2.45) is 5.73 Å². The Morgan fingerprint density at radius 2 is 2.19 bits per heavy atom. The zero-order valence-corrected chi connectivity index (χ0v) is 9.69. The van der Waals surface area contributed by atoms with E-state index in [4.69, 9.17) is 5.73 Å². The zero-order chi connectivity index (χ0) is 11.5. The lowest BCUT2D eigenvalue weighted by molar-refractivity contribution is 0.151. The Morgan fingerprint density at radius 1 is 1.44 bits per heavy atom. The highest BCUT2D eigenvalue weighted by Gasteiger charge is 2.23. The van der Waals surface area contributed by atoms with Crippen molar-refractivity contribution < 1.29 is 5.11 Å². The smallest absolute Gasteiger partial charge is 0.0941 e. The Labute approximate surface area is 96.7 Å². The average molecular weight is 220 g/mol. The Morgan fingerprint density at radius 3 is 2.81 bits per heavy atom. The fourth-order valence-corrected chi connectivity index (χ4v) is 2.33. The van der Waals surface area contributed by atoms with Gasteiger partial charge in [0, 0.05) is 12.1 Å². The first-order valence-electron chi connectivity index (χ1n) is 5.96. The second-order valence-corrected chi connectivity index (χ2v) is 4.58. The van der Waals surface area contributed by atoms with Gasteiger partial charge in [-0.25, -0.2) is 0 Å². The van der Waals surface area contributed by atoms with Gasteiger partial charge in [0.25, 0.3) is 0 Å². The molecule has 2 unspecified atom stereocenters. The van der Waals surface area contributed by atoms with Gasteiger partial charge >= 0.3 is 0 Å². The molecule has 3 atom stereocenters. The first-order valence-corrected chi connectivity index (χ1v) is 5.96. The van der Waals surface area contributed by atoms with Crippen molar-refractivity contribution >= 4 is 0 Å². The molecule has 1 heterocycles. The van der Waals surface area contributed by atoms with Gasteiger partial charge < -0.3 is 16.2 Å². The molecule has 2 rings (SSSR count). The van der Waals surface area contributed by atoms with Crippen molar-refractivity contribution in [3.05, 3.63) is 35.4 Å². The molecule has 3 heteroatoms. The molecule has 0 aromatic heterocycles. The van der Waals surface area contributed by atoms with Crippen molar-refractivity contribution in [3.8, 4) is 0 Å². The molecule has 0 saturated carbocycles. The largest absolute Gasteiger partial charge is 0.387 e. The Balaban J connectivity index is 2.29. The minimum absolute atomic E-state index is 0.234. The summed E-state index contributed by atoms with van der Waals surface area (Å²) in [5.41, 5.74) is 7.93. The molecule has 16 heavy (non-hydrogen) atoms. The molecule has 1 fully saturated rings. The van der Waals surface area contributed by atoms with E-state index in [1.165, 1.54) is 12.0 Å². The van der Waals surface area contributed by atoms with Gasteiger partial charge in [-0.15, -0.1) is 0 Å². The van der Waals surface area contributed by atoms with Crippen LogP contribution in [0.1, 0.15) is 43.0 Å². The second kappa shape index (κ2) is 4.95. The van der Waals surface area contributed by atoms with Gasteiger partial charge in [0.1, 0.15) is 0 Å². The highest BCUT2D eigenvalue weighted by Crippen LogP contribution is 2.30. The van der Waals surface area contributed by atoms with Crippen LogP contribution in [-0.4, -0.2) is 17.7 Å². The molecule has 3 nitrogen and oxygen atoms in total. The topological polar surface area (TPSA) is 58.3 Å². The van der Waals surface area contributed by atoms with Gasteiger partial charge in [-0.2, -0.15) is 0 Å². The molecular formula is C13H20N2O. The number of rotatable bonds is 3. The van der Waals surface area contributed by atoms with Crippen LogP contribution in [0.25, 0.3) is 0 Å². The fourth-order valence-electron chi connectivity index (χ4n) is 2.33. The number of hydrogen-bond acceptors (Lipinski definition) is 3. The van der Waals surface area contributed by atoms with Crippen LogP contribution in [0.4, 0.5) is 0 Å². The summed E-state index contributed by atoms with van der Waals surface area (Å²) >= 11 is 0. The quantitative estimate of drug-likeness (QED) is 0.723. The fraction of sp³-hybridized carbons (Fsp3) is 0.538. The molecular weight excluding hydrogens is 200 g/mol. The lowest BCUT2D eigenvalue weighted by Crippen LogP contribution is -2.26. The Bertz CT molecular complexity index is 325. The van der Waals surface area contributed by atoms with E-state index in [0.29, 0.717) is 6.04 Å². The standard InChI is InChI=1S/C13H20N2O/c1-9(14)13(16)11-6-3-2-5-10(11)12-7-4-8-15-12/h2-3,5-6,9,12-13,15-16H,4,7-8,14H2,1H3/t9?,12-,13?/m0/s1. The molecule has 0 radical (unpaired) electrons. The summed E-state index contributed by atoms with van der Waals surface area (Å²) in [6, 6.07) is 8.19. The van der Waals surface area contributed by atoms with Gasteiger partial charge in [-0.1, -0.05) is 24.3 Å². The van der Waals surface area contributed by atoms with Crippen LogP contribution < -0.4 is 11.1 Å². The molecule has 1 aromatic carbocycles. The number of aliphatic hydroxyl groups is 1. The lowest BCUT2D eigenvalue weighted by Gasteiger charge is -2.21. The van der Waals surface area contributed by atoms with E-state index in [2.05, 4.69) is 11.4 Å². The number of benzene rings is 1. The number of hydrogen-bond donors (Lipinski definition) is 3. The highest BCUT2D eigenvalue weighted by atomic mass is 16.3. The highest BCUT2D eigenvalue weighted by molar-refractivity contribution is 5.33. The minimum Gasteiger partial charge on any atom is -0.387 e. The summed E-state index contributed by atoms with van der Waals surface area (Å²) < 4.78 is 0. The molecule has 0 bridgehead atoms. The molecule has 0 amide bonds. The Hall–Kier alpha value is -0.900. The summed E-state index contributed by atoms with van der Waals surface area (Å²) in [6.45, 7) is 2.90. The SMILES string of the molecule is CC(N)C(O)c1ccccc1[C@@H]1CCCN1. The number of nitrogens with one attached hydrogen (secondary N) is 1. The third-order valence-corrected chi connectivity index (χ3v) is 3.25. The van der Waals surface area contributed by atoms with E-state index in [9.17, 15) is 5.11 Å². The predicted octanol–water partition coefficient (Wildman–Crippen LogP) is 1.49. The van der Waals surface area contributed by atoms with Crippen LogP contribution in [-0.2, 0) is 0 Å². The van der Waals surface area contributed by atoms with Crippen LogP contribution in [0, 0.1) is 0 Å². The summed E-state index contributed by atoms with van der Waals surface area (Å²) in [7, 11) is 0. The van der Waals surface area contributed by atoms with E-state index >= 15 is 0 Å². The van der Waals surface area contributed by atoms with Crippen LogP contribution in [0.2, 0.25) is 0 Å². The summed E-state index contributed by atoms with van der Waals surface area (Å²) in [5, 5.41) is 13.5. The summed E-state index contributed by atoms with van der Waals surface area (Å²) in [4.78, 5) is 0. The zero-order valence-electron chi connectivity index (χ0n) is 9.69. The number of nitrogens with two attached hydrogens (primary N) is 1. The summed E-state index contributed by atoms with van der Waals surface area (Å²) in [6.07, 6.45) is 1.77. The van der Waals surface area contributed by atoms with Crippen LogP contribution in [0.15, 0.2) is 24.3 Å². The predicted molar refractivity (Wildman–Crippen MR) is 65.0 cm³/mol. The maximum atomic E-state index is 10.1. The first kappa shape index (κ1) is 11.6. The Kier molecular flexibility index (Phi) is 3.59. The van der Waals surface area contributed by atoms with Crippen molar-refractivity contribution in [1.82, 2.24) is 5.32 Å². The molecule has 1 aromatic rings. The maximum Gasteiger partial charge on any atom is 0.0941 e. The maximum absolute atomic E-state index is 10.1. The van der Waals surface area contributed by atoms with Gasteiger partial charge in [0.2, 0.25) is 0 Å². The van der Waals surface area contributed by atoms with Gasteiger partial charge in [-0.3, -0.25) is 0 Å². The van der Waals surface area contributed by atoms with Crippen LogP contribution >= 0.6 is 0 Å². The van der Waals surface area contributed by atoms with Crippen LogP contribution in [0.3, 0.4) is 0 Å². The molecule has 88 valence electrons. The van der Waals surface area contributed by atoms with Crippen LogP contribution in [0.5, 0.6) is 0 Å². The third kappa shape index (κ3) is 2.26. The third-order valence-electron chi connectivity index (χ3n) is 3.25. The van der Waals surface area contributed by atoms with Gasteiger partial charge in [0.05, 0.1) is 6.10 Å². The second-order valence-electron chi connectivity index (χ2n) is 4.58. The van der Waals surface area contributed by atoms with E-state index < -0.39 is 6.10 Å². The van der Waals surface area contributed by atoms with E-state index in [0.717, 1.165) is 18.5 Å². The molecule has 0 spiro atoms. The van der Waals surface area contributed by atoms with E-state index in [-0.39, 0.29) is 6.04 Å². The van der Waals surface area contributed by atoms with Gasteiger partial charge in [-0.05, 0) is 37.4 Å². The molecule has 1 saturated heterocycles. The first-order chi connectivity index (χ1) is 7.70. The van der Waals surface area contributed by atoms with E-state index in [1.807, 2.05) is 25.1 Å². The van der Waals surface area contributed by atoms with Gasteiger partial charge in [0.15, 0.2) is 0 Å².